The Bertz CT molecular complexity index is 312. The Kier molecular flexibility index (Phi) is 2.31. The van der Waals surface area contributed by atoms with Gasteiger partial charge in [-0.2, -0.15) is 5.26 Å². The smallest absolute Gasteiger partial charge is 0.0976 e. The van der Waals surface area contributed by atoms with Gasteiger partial charge in [-0.3, -0.25) is 0 Å². The van der Waals surface area contributed by atoms with Gasteiger partial charge in [-0.1, -0.05) is 15.9 Å². The van der Waals surface area contributed by atoms with Crippen LogP contribution >= 0.6 is 15.9 Å². The summed E-state index contributed by atoms with van der Waals surface area (Å²) in [6.45, 7) is 7.12. The second-order valence-corrected chi connectivity index (χ2v) is 5.01. The molecule has 3 nitrogen and oxygen atoms in total. The third-order valence-electron chi connectivity index (χ3n) is 2.50. The molecule has 1 heterocycles. The number of halogens is 1. The molecular weight excluding hydrogens is 232 g/mol. The molecule has 1 aliphatic rings. The lowest BCUT2D eigenvalue weighted by atomic mass is 9.98. The van der Waals surface area contributed by atoms with Crippen LogP contribution in [0.4, 0.5) is 0 Å². The maximum Gasteiger partial charge on any atom is 0.0976 e. The molecule has 0 aromatic carbocycles. The fourth-order valence-corrected chi connectivity index (χ4v) is 2.38. The van der Waals surface area contributed by atoms with Gasteiger partial charge in [-0.25, -0.2) is 0 Å². The third-order valence-corrected chi connectivity index (χ3v) is 3.86. The Morgan fingerprint density at radius 2 is 1.77 bits per heavy atom. The van der Waals surface area contributed by atoms with E-state index in [9.17, 15) is 5.21 Å². The fraction of sp³-hybridized carbons (Fsp3) is 0.667. The van der Waals surface area contributed by atoms with E-state index in [2.05, 4.69) is 22.0 Å². The quantitative estimate of drug-likeness (QED) is 0.656. The number of hydrogen-bond acceptors (Lipinski definition) is 2. The Labute approximate surface area is 86.7 Å². The zero-order valence-corrected chi connectivity index (χ0v) is 9.77. The standard InChI is InChI=1S/C9H12BrN2O/c1-8(2)6(5-11)7(10)9(3,4)12(8)13/h1-4H3. The van der Waals surface area contributed by atoms with E-state index >= 15 is 0 Å². The van der Waals surface area contributed by atoms with Gasteiger partial charge < -0.3 is 0 Å². The van der Waals surface area contributed by atoms with Crippen LogP contribution in [0.5, 0.6) is 0 Å². The molecule has 0 saturated heterocycles. The van der Waals surface area contributed by atoms with E-state index in [1.165, 1.54) is 0 Å². The summed E-state index contributed by atoms with van der Waals surface area (Å²) >= 11 is 3.32. The van der Waals surface area contributed by atoms with Crippen molar-refractivity contribution in [3.63, 3.8) is 0 Å². The summed E-state index contributed by atoms with van der Waals surface area (Å²) in [5.74, 6) is 0. The first kappa shape index (κ1) is 10.7. The molecule has 0 atom stereocenters. The van der Waals surface area contributed by atoms with Crippen LogP contribution in [0.2, 0.25) is 0 Å². The molecule has 4 heteroatoms. The van der Waals surface area contributed by atoms with E-state index in [4.69, 9.17) is 5.26 Å². The minimum absolute atomic E-state index is 0.521. The maximum absolute atomic E-state index is 11.8. The van der Waals surface area contributed by atoms with Crippen molar-refractivity contribution >= 4 is 15.9 Å². The molecule has 0 fully saturated rings. The van der Waals surface area contributed by atoms with Crippen LogP contribution in [0.3, 0.4) is 0 Å². The Hall–Kier alpha value is -0.370. The largest absolute Gasteiger partial charge is 0.193 e. The van der Waals surface area contributed by atoms with Crippen LogP contribution < -0.4 is 0 Å². The number of hydrogen-bond donors (Lipinski definition) is 0. The minimum Gasteiger partial charge on any atom is -0.193 e. The summed E-state index contributed by atoms with van der Waals surface area (Å²) in [5.41, 5.74) is -0.835. The lowest BCUT2D eigenvalue weighted by Crippen LogP contribution is -2.47. The van der Waals surface area contributed by atoms with E-state index in [1.807, 2.05) is 0 Å². The number of nitriles is 1. The molecule has 0 aromatic rings. The molecule has 0 aromatic heterocycles. The summed E-state index contributed by atoms with van der Waals surface area (Å²) in [7, 11) is 0. The van der Waals surface area contributed by atoms with E-state index in [0.717, 1.165) is 5.06 Å². The second-order valence-electron chi connectivity index (χ2n) is 4.21. The lowest BCUT2D eigenvalue weighted by molar-refractivity contribution is -0.238. The summed E-state index contributed by atoms with van der Waals surface area (Å²) in [6, 6.07) is 2.08. The van der Waals surface area contributed by atoms with Crippen molar-refractivity contribution in [1.82, 2.24) is 5.06 Å². The molecule has 0 unspecified atom stereocenters. The monoisotopic (exact) mass is 243 g/mol. The summed E-state index contributed by atoms with van der Waals surface area (Å²) < 4.78 is 0.697. The highest BCUT2D eigenvalue weighted by Crippen LogP contribution is 2.46. The lowest BCUT2D eigenvalue weighted by Gasteiger charge is -2.32. The van der Waals surface area contributed by atoms with Crippen molar-refractivity contribution in [2.24, 2.45) is 0 Å². The van der Waals surface area contributed by atoms with Gasteiger partial charge in [-0.05, 0) is 27.7 Å². The number of nitrogens with zero attached hydrogens (tertiary/aromatic N) is 2. The van der Waals surface area contributed by atoms with Crippen molar-refractivity contribution in [3.05, 3.63) is 10.1 Å². The van der Waals surface area contributed by atoms with Crippen LogP contribution in [-0.4, -0.2) is 16.1 Å². The zero-order chi connectivity index (χ0) is 10.4. The highest BCUT2D eigenvalue weighted by molar-refractivity contribution is 9.11. The first-order chi connectivity index (χ1) is 5.76. The van der Waals surface area contributed by atoms with Gasteiger partial charge in [0.15, 0.2) is 0 Å². The second kappa shape index (κ2) is 2.81. The Morgan fingerprint density at radius 1 is 1.31 bits per heavy atom. The molecule has 13 heavy (non-hydrogen) atoms. The summed E-state index contributed by atoms with van der Waals surface area (Å²) in [4.78, 5) is 0. The van der Waals surface area contributed by atoms with Crippen molar-refractivity contribution in [2.45, 2.75) is 38.8 Å². The third kappa shape index (κ3) is 1.23. The van der Waals surface area contributed by atoms with Gasteiger partial charge in [0.2, 0.25) is 0 Å². The molecule has 0 bridgehead atoms. The molecule has 0 amide bonds. The first-order valence-corrected chi connectivity index (χ1v) is 4.84. The first-order valence-electron chi connectivity index (χ1n) is 4.04. The van der Waals surface area contributed by atoms with Gasteiger partial charge in [0, 0.05) is 4.48 Å². The summed E-state index contributed by atoms with van der Waals surface area (Å²) in [5, 5.41) is 21.7. The predicted molar refractivity (Wildman–Crippen MR) is 52.2 cm³/mol. The average Bonchev–Trinajstić information content (AvgIpc) is 2.12. The average molecular weight is 244 g/mol. The molecule has 71 valence electrons. The number of hydroxylamine groups is 2. The zero-order valence-electron chi connectivity index (χ0n) is 8.18. The molecule has 0 spiro atoms. The Morgan fingerprint density at radius 3 is 1.92 bits per heavy atom. The molecule has 1 radical (unpaired) electrons. The molecule has 0 aliphatic carbocycles. The maximum atomic E-state index is 11.8. The van der Waals surface area contributed by atoms with Gasteiger partial charge >= 0.3 is 0 Å². The van der Waals surface area contributed by atoms with Crippen molar-refractivity contribution in [3.8, 4) is 6.07 Å². The van der Waals surface area contributed by atoms with Gasteiger partial charge in [0.05, 0.1) is 22.7 Å². The molecule has 1 aliphatic heterocycles. The van der Waals surface area contributed by atoms with E-state index in [-0.39, 0.29) is 0 Å². The van der Waals surface area contributed by atoms with E-state index < -0.39 is 11.1 Å². The molecule has 0 saturated carbocycles. The SMILES string of the molecule is CC1(C)C(Br)=C(C#N)C(C)(C)N1[O]. The van der Waals surface area contributed by atoms with Crippen LogP contribution in [0.1, 0.15) is 27.7 Å². The van der Waals surface area contributed by atoms with Crippen LogP contribution in [0.25, 0.3) is 0 Å². The van der Waals surface area contributed by atoms with Crippen LogP contribution in [0.15, 0.2) is 10.1 Å². The Balaban J connectivity index is 3.34. The highest BCUT2D eigenvalue weighted by Gasteiger charge is 2.51. The molecule has 0 N–H and O–H groups in total. The van der Waals surface area contributed by atoms with Gasteiger partial charge in [-0.15, -0.1) is 10.3 Å². The van der Waals surface area contributed by atoms with Crippen LogP contribution in [0, 0.1) is 11.3 Å². The van der Waals surface area contributed by atoms with Gasteiger partial charge in [0.25, 0.3) is 0 Å². The van der Waals surface area contributed by atoms with Crippen molar-refractivity contribution < 1.29 is 5.21 Å². The summed E-state index contributed by atoms with van der Waals surface area (Å²) in [6.07, 6.45) is 0. The van der Waals surface area contributed by atoms with Crippen LogP contribution in [-0.2, 0) is 5.21 Å². The fourth-order valence-electron chi connectivity index (χ4n) is 1.65. The van der Waals surface area contributed by atoms with Gasteiger partial charge in [0.1, 0.15) is 0 Å². The van der Waals surface area contributed by atoms with E-state index in [0.29, 0.717) is 10.1 Å². The van der Waals surface area contributed by atoms with Crippen molar-refractivity contribution in [1.29, 1.82) is 5.26 Å². The normalized spacial score (nSPS) is 26.2. The highest BCUT2D eigenvalue weighted by atomic mass is 79.9. The predicted octanol–water partition coefficient (Wildman–Crippen LogP) is 2.38. The minimum atomic E-state index is -0.725. The topological polar surface area (TPSA) is 46.9 Å². The molecule has 1 rings (SSSR count). The number of rotatable bonds is 0. The molecular formula is C9H12BrN2O. The van der Waals surface area contributed by atoms with Crippen molar-refractivity contribution in [2.75, 3.05) is 0 Å². The van der Waals surface area contributed by atoms with E-state index in [1.54, 1.807) is 27.7 Å².